The summed E-state index contributed by atoms with van der Waals surface area (Å²) in [5.74, 6) is -13.8. The van der Waals surface area contributed by atoms with Crippen molar-refractivity contribution in [1.29, 1.82) is 0 Å². The van der Waals surface area contributed by atoms with Gasteiger partial charge in [0.2, 0.25) is 11.6 Å². The molecule has 8 N–H and O–H groups in total. The SMILES string of the molecule is O=C1c2c(O)c(O)c(S(=O)(=O)O)c(O)c2C(=O)c2c(O)c(O)c(S(=O)(=O)O)c(O)c21.[Na+]. The second kappa shape index (κ2) is 7.23. The summed E-state index contributed by atoms with van der Waals surface area (Å²) in [6, 6.07) is 0. The van der Waals surface area contributed by atoms with Crippen molar-refractivity contribution in [2.75, 3.05) is 0 Å². The Morgan fingerprint density at radius 2 is 0.677 bits per heavy atom. The van der Waals surface area contributed by atoms with E-state index in [1.54, 1.807) is 0 Å². The number of phenolic OH excluding ortho intramolecular Hbond substituents is 6. The summed E-state index contributed by atoms with van der Waals surface area (Å²) in [5.41, 5.74) is -5.42. The van der Waals surface area contributed by atoms with Gasteiger partial charge in [-0.15, -0.1) is 0 Å². The van der Waals surface area contributed by atoms with Crippen molar-refractivity contribution in [3.63, 3.8) is 0 Å². The summed E-state index contributed by atoms with van der Waals surface area (Å²) in [4.78, 5) is 21.9. The molecule has 1 aliphatic carbocycles. The molecular formula is C14H8NaO14S2+. The first-order valence-electron chi connectivity index (χ1n) is 7.19. The van der Waals surface area contributed by atoms with Crippen LogP contribution < -0.4 is 29.6 Å². The molecule has 0 spiro atoms. The molecule has 0 aromatic heterocycles. The van der Waals surface area contributed by atoms with E-state index in [9.17, 15) is 57.1 Å². The molecule has 2 aromatic rings. The monoisotopic (exact) mass is 487 g/mol. The van der Waals surface area contributed by atoms with Gasteiger partial charge in [-0.3, -0.25) is 18.7 Å². The van der Waals surface area contributed by atoms with E-state index in [0.29, 0.717) is 0 Å². The number of carbonyl (C=O) groups excluding carboxylic acids is 2. The van der Waals surface area contributed by atoms with Crippen LogP contribution >= 0.6 is 0 Å². The van der Waals surface area contributed by atoms with Crippen molar-refractivity contribution in [3.05, 3.63) is 22.3 Å². The Balaban J connectivity index is 0.00000341. The number of carbonyl (C=O) groups is 2. The minimum Gasteiger partial charge on any atom is -0.506 e. The van der Waals surface area contributed by atoms with Crippen molar-refractivity contribution < 1.29 is 95.7 Å². The molecule has 160 valence electrons. The zero-order chi connectivity index (χ0) is 23.1. The molecule has 0 saturated heterocycles. The third-order valence-corrected chi connectivity index (χ3v) is 5.99. The summed E-state index contributed by atoms with van der Waals surface area (Å²) < 4.78 is 63.8. The van der Waals surface area contributed by atoms with E-state index in [4.69, 9.17) is 9.11 Å². The van der Waals surface area contributed by atoms with Crippen molar-refractivity contribution in [2.24, 2.45) is 0 Å². The first-order chi connectivity index (χ1) is 13.5. The molecule has 0 unspecified atom stereocenters. The van der Waals surface area contributed by atoms with E-state index in [-0.39, 0.29) is 29.6 Å². The van der Waals surface area contributed by atoms with E-state index in [0.717, 1.165) is 0 Å². The van der Waals surface area contributed by atoms with Gasteiger partial charge in [0.15, 0.2) is 44.3 Å². The molecule has 0 aliphatic heterocycles. The van der Waals surface area contributed by atoms with Crippen molar-refractivity contribution in [1.82, 2.24) is 0 Å². The first-order valence-corrected chi connectivity index (χ1v) is 10.1. The van der Waals surface area contributed by atoms with Gasteiger partial charge in [0.05, 0.1) is 22.3 Å². The van der Waals surface area contributed by atoms with Crippen LogP contribution in [0.2, 0.25) is 0 Å². The zero-order valence-electron chi connectivity index (χ0n) is 14.8. The second-order valence-corrected chi connectivity index (χ2v) is 8.58. The summed E-state index contributed by atoms with van der Waals surface area (Å²) in [6.07, 6.45) is 0. The van der Waals surface area contributed by atoms with E-state index in [1.807, 2.05) is 0 Å². The van der Waals surface area contributed by atoms with Gasteiger partial charge in [-0.05, 0) is 0 Å². The van der Waals surface area contributed by atoms with Crippen LogP contribution in [-0.4, -0.2) is 68.1 Å². The molecule has 0 heterocycles. The largest absolute Gasteiger partial charge is 1.00 e. The average Bonchev–Trinajstić information content (AvgIpc) is 2.56. The molecule has 0 saturated carbocycles. The van der Waals surface area contributed by atoms with Gasteiger partial charge in [-0.25, -0.2) is 0 Å². The molecule has 0 radical (unpaired) electrons. The number of rotatable bonds is 2. The van der Waals surface area contributed by atoms with E-state index in [2.05, 4.69) is 0 Å². The summed E-state index contributed by atoms with van der Waals surface area (Å²) in [6.45, 7) is 0. The summed E-state index contributed by atoms with van der Waals surface area (Å²) in [7, 11) is -11.0. The average molecular weight is 487 g/mol. The molecular weight excluding hydrogens is 479 g/mol. The standard InChI is InChI=1S/C14H8O14S2.Na/c15-5-1-3(9(19)13(29(23,24)25)11(21)7(1)17)6(16)2-4(5)10(20)14(30(26,27)28)12(22)8(2)18;/h17-22H,(H,23,24,25)(H,26,27,28);/q;+1. The Morgan fingerprint density at radius 1 is 0.452 bits per heavy atom. The Hall–Kier alpha value is -2.60. The van der Waals surface area contributed by atoms with Crippen LogP contribution in [0.3, 0.4) is 0 Å². The third kappa shape index (κ3) is 3.28. The van der Waals surface area contributed by atoms with Gasteiger partial charge in [0, 0.05) is 0 Å². The van der Waals surface area contributed by atoms with Crippen LogP contribution in [-0.2, 0) is 20.2 Å². The fourth-order valence-corrected chi connectivity index (χ4v) is 4.37. The van der Waals surface area contributed by atoms with Crippen LogP contribution in [0.25, 0.3) is 0 Å². The third-order valence-electron chi connectivity index (χ3n) is 4.18. The molecule has 0 fully saturated rings. The number of aromatic hydroxyl groups is 6. The summed E-state index contributed by atoms with van der Waals surface area (Å²) >= 11 is 0. The van der Waals surface area contributed by atoms with Gasteiger partial charge in [-0.2, -0.15) is 16.8 Å². The quantitative estimate of drug-likeness (QED) is 0.0746. The Bertz CT molecular complexity index is 1310. The maximum Gasteiger partial charge on any atom is 1.00 e. The fourth-order valence-electron chi connectivity index (χ4n) is 3.00. The van der Waals surface area contributed by atoms with Gasteiger partial charge < -0.3 is 30.6 Å². The molecule has 2 aromatic carbocycles. The number of hydrogen-bond acceptors (Lipinski definition) is 12. The van der Waals surface area contributed by atoms with E-state index >= 15 is 0 Å². The second-order valence-electron chi connectivity index (χ2n) is 5.86. The van der Waals surface area contributed by atoms with Crippen molar-refractivity contribution in [3.8, 4) is 34.5 Å². The van der Waals surface area contributed by atoms with Gasteiger partial charge in [-0.1, -0.05) is 0 Å². The predicted molar refractivity (Wildman–Crippen MR) is 89.4 cm³/mol. The Kier molecular flexibility index (Phi) is 5.75. The van der Waals surface area contributed by atoms with Crippen LogP contribution in [0.4, 0.5) is 0 Å². The zero-order valence-corrected chi connectivity index (χ0v) is 18.5. The number of phenols is 6. The van der Waals surface area contributed by atoms with Crippen LogP contribution in [0.5, 0.6) is 34.5 Å². The van der Waals surface area contributed by atoms with Crippen molar-refractivity contribution in [2.45, 2.75) is 9.79 Å². The topological polar surface area (TPSA) is 264 Å². The normalized spacial score (nSPS) is 13.4. The smallest absolute Gasteiger partial charge is 0.506 e. The van der Waals surface area contributed by atoms with Crippen molar-refractivity contribution >= 4 is 31.8 Å². The molecule has 0 bridgehead atoms. The number of ketones is 2. The number of fused-ring (bicyclic) bond motifs is 2. The van der Waals surface area contributed by atoms with Crippen LogP contribution in [0.15, 0.2) is 9.79 Å². The maximum atomic E-state index is 12.7. The molecule has 0 amide bonds. The summed E-state index contributed by atoms with van der Waals surface area (Å²) in [5, 5.41) is 59.7. The van der Waals surface area contributed by atoms with E-state index in [1.165, 1.54) is 0 Å². The van der Waals surface area contributed by atoms with E-state index < -0.39 is 98.3 Å². The maximum absolute atomic E-state index is 12.7. The van der Waals surface area contributed by atoms with Crippen LogP contribution in [0, 0.1) is 0 Å². The fraction of sp³-hybridized carbons (Fsp3) is 0. The number of hydrogen-bond donors (Lipinski definition) is 8. The molecule has 14 nitrogen and oxygen atoms in total. The first kappa shape index (κ1) is 24.7. The molecule has 3 rings (SSSR count). The molecule has 17 heteroatoms. The number of benzene rings is 2. The minimum absolute atomic E-state index is 0. The Labute approximate surface area is 193 Å². The molecule has 31 heavy (non-hydrogen) atoms. The Morgan fingerprint density at radius 3 is 0.903 bits per heavy atom. The minimum atomic E-state index is -5.49. The predicted octanol–water partition coefficient (Wildman–Crippen LogP) is -3.81. The van der Waals surface area contributed by atoms with Gasteiger partial charge in [0.1, 0.15) is 0 Å². The molecule has 0 atom stereocenters. The van der Waals surface area contributed by atoms with Crippen LogP contribution in [0.1, 0.15) is 31.8 Å². The van der Waals surface area contributed by atoms with Gasteiger partial charge in [0.25, 0.3) is 0 Å². The van der Waals surface area contributed by atoms with Gasteiger partial charge >= 0.3 is 49.8 Å². The molecule has 1 aliphatic rings.